The van der Waals surface area contributed by atoms with Crippen LogP contribution in [0.2, 0.25) is 0 Å². The zero-order valence-electron chi connectivity index (χ0n) is 7.29. The third-order valence-electron chi connectivity index (χ3n) is 2.74. The summed E-state index contributed by atoms with van der Waals surface area (Å²) in [6, 6.07) is 0. The van der Waals surface area contributed by atoms with E-state index < -0.39 is 0 Å². The van der Waals surface area contributed by atoms with Crippen LogP contribution in [0.1, 0.15) is 26.2 Å². The van der Waals surface area contributed by atoms with E-state index in [0.717, 1.165) is 12.8 Å². The molecule has 0 spiro atoms. The summed E-state index contributed by atoms with van der Waals surface area (Å²) < 4.78 is 10.1. The molecule has 0 amide bonds. The summed E-state index contributed by atoms with van der Waals surface area (Å²) >= 11 is 0. The Bertz CT molecular complexity index is 184. The average molecular weight is 170 g/mol. The SMILES string of the molecule is CCC1CCC1OC(=O)C1CO1. The van der Waals surface area contributed by atoms with Gasteiger partial charge in [0.1, 0.15) is 6.10 Å². The second-order valence-electron chi connectivity index (χ2n) is 3.54. The van der Waals surface area contributed by atoms with E-state index in [1.165, 1.54) is 6.42 Å². The van der Waals surface area contributed by atoms with Gasteiger partial charge in [-0.1, -0.05) is 6.92 Å². The van der Waals surface area contributed by atoms with Crippen LogP contribution in [0.15, 0.2) is 0 Å². The molecule has 3 unspecified atom stereocenters. The molecule has 0 radical (unpaired) electrons. The van der Waals surface area contributed by atoms with Gasteiger partial charge in [0, 0.05) is 0 Å². The third-order valence-corrected chi connectivity index (χ3v) is 2.74. The smallest absolute Gasteiger partial charge is 0.337 e. The normalized spacial score (nSPS) is 38.6. The van der Waals surface area contributed by atoms with Gasteiger partial charge in [-0.25, -0.2) is 4.79 Å². The topological polar surface area (TPSA) is 38.8 Å². The highest BCUT2D eigenvalue weighted by atomic mass is 16.6. The predicted molar refractivity (Wildman–Crippen MR) is 42.6 cm³/mol. The van der Waals surface area contributed by atoms with Gasteiger partial charge in [0.25, 0.3) is 0 Å². The van der Waals surface area contributed by atoms with E-state index in [2.05, 4.69) is 6.92 Å². The van der Waals surface area contributed by atoms with Gasteiger partial charge in [0.2, 0.25) is 0 Å². The second-order valence-corrected chi connectivity index (χ2v) is 3.54. The Hall–Kier alpha value is -0.570. The molecule has 12 heavy (non-hydrogen) atoms. The lowest BCUT2D eigenvalue weighted by Gasteiger charge is -2.34. The van der Waals surface area contributed by atoms with Crippen molar-refractivity contribution >= 4 is 5.97 Å². The van der Waals surface area contributed by atoms with Crippen LogP contribution in [0, 0.1) is 5.92 Å². The molecular formula is C9H14O3. The van der Waals surface area contributed by atoms with E-state index in [1.54, 1.807) is 0 Å². The van der Waals surface area contributed by atoms with Crippen molar-refractivity contribution in [2.45, 2.75) is 38.4 Å². The van der Waals surface area contributed by atoms with Crippen molar-refractivity contribution < 1.29 is 14.3 Å². The van der Waals surface area contributed by atoms with Crippen LogP contribution in [0.4, 0.5) is 0 Å². The molecule has 1 saturated carbocycles. The maximum atomic E-state index is 11.1. The number of esters is 1. The zero-order valence-corrected chi connectivity index (χ0v) is 7.29. The van der Waals surface area contributed by atoms with Crippen molar-refractivity contribution in [3.05, 3.63) is 0 Å². The molecule has 68 valence electrons. The van der Waals surface area contributed by atoms with Crippen molar-refractivity contribution in [3.63, 3.8) is 0 Å². The highest BCUT2D eigenvalue weighted by Gasteiger charge is 2.38. The molecule has 1 aliphatic carbocycles. The second kappa shape index (κ2) is 3.05. The standard InChI is InChI=1S/C9H14O3/c1-2-6-3-4-7(6)12-9(10)8-5-11-8/h6-8H,2-5H2,1H3. The minimum absolute atomic E-state index is 0.154. The number of epoxide rings is 1. The molecule has 0 aromatic heterocycles. The summed E-state index contributed by atoms with van der Waals surface area (Å²) in [4.78, 5) is 11.1. The Morgan fingerprint density at radius 1 is 1.58 bits per heavy atom. The maximum Gasteiger partial charge on any atom is 0.337 e. The fourth-order valence-corrected chi connectivity index (χ4v) is 1.57. The van der Waals surface area contributed by atoms with Gasteiger partial charge in [-0.05, 0) is 25.2 Å². The molecule has 2 aliphatic rings. The molecule has 0 aromatic carbocycles. The third kappa shape index (κ3) is 1.46. The molecule has 2 rings (SSSR count). The molecule has 1 aliphatic heterocycles. The van der Waals surface area contributed by atoms with Crippen LogP contribution < -0.4 is 0 Å². The van der Waals surface area contributed by atoms with Gasteiger partial charge < -0.3 is 9.47 Å². The highest BCUT2D eigenvalue weighted by molar-refractivity contribution is 5.77. The van der Waals surface area contributed by atoms with E-state index in [0.29, 0.717) is 12.5 Å². The lowest BCUT2D eigenvalue weighted by molar-refractivity contribution is -0.159. The largest absolute Gasteiger partial charge is 0.460 e. The Morgan fingerprint density at radius 3 is 2.75 bits per heavy atom. The van der Waals surface area contributed by atoms with E-state index in [-0.39, 0.29) is 18.2 Å². The summed E-state index contributed by atoms with van der Waals surface area (Å²) in [5.74, 6) is 0.450. The first-order valence-corrected chi connectivity index (χ1v) is 4.63. The van der Waals surface area contributed by atoms with Gasteiger partial charge in [-0.2, -0.15) is 0 Å². The molecule has 1 heterocycles. The monoisotopic (exact) mass is 170 g/mol. The van der Waals surface area contributed by atoms with E-state index in [1.807, 2.05) is 0 Å². The van der Waals surface area contributed by atoms with Crippen LogP contribution in [0.5, 0.6) is 0 Å². The minimum Gasteiger partial charge on any atom is -0.460 e. The van der Waals surface area contributed by atoms with Crippen LogP contribution in [-0.4, -0.2) is 24.8 Å². The summed E-state index contributed by atoms with van der Waals surface area (Å²) in [5.41, 5.74) is 0. The number of hydrogen-bond acceptors (Lipinski definition) is 3. The fraction of sp³-hybridized carbons (Fsp3) is 0.889. The van der Waals surface area contributed by atoms with Gasteiger partial charge in [0.15, 0.2) is 6.10 Å². The van der Waals surface area contributed by atoms with E-state index in [9.17, 15) is 4.79 Å². The van der Waals surface area contributed by atoms with Crippen LogP contribution in [0.3, 0.4) is 0 Å². The summed E-state index contributed by atoms with van der Waals surface area (Å²) in [6.07, 6.45) is 3.32. The molecule has 3 nitrogen and oxygen atoms in total. The quantitative estimate of drug-likeness (QED) is 0.470. The molecule has 0 N–H and O–H groups in total. The van der Waals surface area contributed by atoms with Crippen molar-refractivity contribution in [1.82, 2.24) is 0 Å². The summed E-state index contributed by atoms with van der Waals surface area (Å²) in [7, 11) is 0. The Morgan fingerprint density at radius 2 is 2.33 bits per heavy atom. The van der Waals surface area contributed by atoms with Gasteiger partial charge in [-0.15, -0.1) is 0 Å². The van der Waals surface area contributed by atoms with Crippen molar-refractivity contribution in [3.8, 4) is 0 Å². The Labute approximate surface area is 72.0 Å². The van der Waals surface area contributed by atoms with Crippen LogP contribution >= 0.6 is 0 Å². The Kier molecular flexibility index (Phi) is 2.05. The number of rotatable bonds is 3. The summed E-state index contributed by atoms with van der Waals surface area (Å²) in [5, 5.41) is 0. The first-order valence-electron chi connectivity index (χ1n) is 4.63. The van der Waals surface area contributed by atoms with Gasteiger partial charge in [0.05, 0.1) is 6.61 Å². The molecule has 3 atom stereocenters. The average Bonchev–Trinajstić information content (AvgIpc) is 2.80. The molecule has 0 bridgehead atoms. The van der Waals surface area contributed by atoms with Crippen LogP contribution in [0.25, 0.3) is 0 Å². The number of hydrogen-bond donors (Lipinski definition) is 0. The highest BCUT2D eigenvalue weighted by Crippen LogP contribution is 2.33. The van der Waals surface area contributed by atoms with E-state index >= 15 is 0 Å². The minimum atomic E-state index is -0.233. The lowest BCUT2D eigenvalue weighted by Crippen LogP contribution is -2.36. The maximum absolute atomic E-state index is 11.1. The molecule has 3 heteroatoms. The van der Waals surface area contributed by atoms with E-state index in [4.69, 9.17) is 9.47 Å². The molecule has 2 fully saturated rings. The van der Waals surface area contributed by atoms with Crippen LogP contribution in [-0.2, 0) is 14.3 Å². The van der Waals surface area contributed by atoms with Crippen molar-refractivity contribution in [2.75, 3.05) is 6.61 Å². The first-order chi connectivity index (χ1) is 5.81. The van der Waals surface area contributed by atoms with Gasteiger partial charge in [-0.3, -0.25) is 0 Å². The van der Waals surface area contributed by atoms with Gasteiger partial charge >= 0.3 is 5.97 Å². The fourth-order valence-electron chi connectivity index (χ4n) is 1.57. The molecular weight excluding hydrogens is 156 g/mol. The Balaban J connectivity index is 1.74. The molecule has 1 saturated heterocycles. The zero-order chi connectivity index (χ0) is 8.55. The number of carbonyl (C=O) groups excluding carboxylic acids is 1. The predicted octanol–water partition coefficient (Wildman–Crippen LogP) is 1.12. The number of carbonyl (C=O) groups is 1. The summed E-state index contributed by atoms with van der Waals surface area (Å²) in [6.45, 7) is 2.70. The number of ether oxygens (including phenoxy) is 2. The lowest BCUT2D eigenvalue weighted by atomic mass is 9.80. The van der Waals surface area contributed by atoms with Crippen molar-refractivity contribution in [1.29, 1.82) is 0 Å². The first kappa shape index (κ1) is 8.05. The molecule has 0 aromatic rings. The van der Waals surface area contributed by atoms with Crippen molar-refractivity contribution in [2.24, 2.45) is 5.92 Å².